The Balaban J connectivity index is 1.67. The Morgan fingerprint density at radius 3 is 2.46 bits per heavy atom. The zero-order chi connectivity index (χ0) is 19.9. The average Bonchev–Trinajstić information content (AvgIpc) is 2.70. The quantitative estimate of drug-likeness (QED) is 0.451. The number of hydrogen-bond donors (Lipinski definition) is 3. The Bertz CT molecular complexity index is 1050. The summed E-state index contributed by atoms with van der Waals surface area (Å²) in [5.74, 6) is -0.772. The summed E-state index contributed by atoms with van der Waals surface area (Å²) in [5, 5.41) is 16.6. The van der Waals surface area contributed by atoms with Crippen molar-refractivity contribution in [1.29, 1.82) is 0 Å². The molecule has 0 aliphatic carbocycles. The van der Waals surface area contributed by atoms with Crippen LogP contribution in [0.4, 0.5) is 5.69 Å². The molecule has 140 valence electrons. The molecule has 28 heavy (non-hydrogen) atoms. The van der Waals surface area contributed by atoms with E-state index in [4.69, 9.17) is 11.6 Å². The molecule has 0 aliphatic rings. The highest BCUT2D eigenvalue weighted by molar-refractivity contribution is 6.34. The van der Waals surface area contributed by atoms with E-state index in [0.717, 1.165) is 0 Å². The third kappa shape index (κ3) is 4.75. The van der Waals surface area contributed by atoms with E-state index < -0.39 is 5.91 Å². The first-order valence-corrected chi connectivity index (χ1v) is 8.70. The number of phenols is 1. The van der Waals surface area contributed by atoms with Crippen molar-refractivity contribution in [3.63, 3.8) is 0 Å². The highest BCUT2D eigenvalue weighted by Gasteiger charge is 2.11. The van der Waals surface area contributed by atoms with E-state index in [2.05, 4.69) is 15.8 Å². The van der Waals surface area contributed by atoms with Gasteiger partial charge in [-0.3, -0.25) is 9.59 Å². The second-order valence-corrected chi connectivity index (χ2v) is 6.18. The average molecular weight is 394 g/mol. The van der Waals surface area contributed by atoms with Crippen LogP contribution in [0.1, 0.15) is 26.3 Å². The Kier molecular flexibility index (Phi) is 6.04. The number of halogens is 1. The van der Waals surface area contributed by atoms with Crippen molar-refractivity contribution in [1.82, 2.24) is 5.43 Å². The molecule has 0 spiro atoms. The molecule has 3 rings (SSSR count). The van der Waals surface area contributed by atoms with Gasteiger partial charge in [0.2, 0.25) is 0 Å². The first-order valence-electron chi connectivity index (χ1n) is 8.32. The Labute approximate surface area is 166 Å². The Hall–Kier alpha value is -3.64. The molecule has 0 bridgehead atoms. The molecule has 0 saturated carbocycles. The molecule has 0 radical (unpaired) electrons. The van der Waals surface area contributed by atoms with Gasteiger partial charge in [0.15, 0.2) is 0 Å². The normalized spacial score (nSPS) is 10.6. The Morgan fingerprint density at radius 2 is 1.68 bits per heavy atom. The monoisotopic (exact) mass is 393 g/mol. The number of carbonyl (C=O) groups is 2. The van der Waals surface area contributed by atoms with Crippen LogP contribution in [0.5, 0.6) is 5.75 Å². The van der Waals surface area contributed by atoms with E-state index in [9.17, 15) is 14.7 Å². The largest absolute Gasteiger partial charge is 0.507 e. The van der Waals surface area contributed by atoms with Gasteiger partial charge in [-0.2, -0.15) is 5.10 Å². The summed E-state index contributed by atoms with van der Waals surface area (Å²) < 4.78 is 0. The van der Waals surface area contributed by atoms with Gasteiger partial charge in [-0.1, -0.05) is 41.9 Å². The minimum atomic E-state index is -0.458. The Morgan fingerprint density at radius 1 is 0.929 bits per heavy atom. The molecule has 2 amide bonds. The minimum absolute atomic E-state index is 0.0600. The van der Waals surface area contributed by atoms with Crippen molar-refractivity contribution in [3.05, 3.63) is 94.5 Å². The number of benzene rings is 3. The molecule has 0 heterocycles. The maximum atomic E-state index is 12.3. The van der Waals surface area contributed by atoms with Crippen LogP contribution in [0.25, 0.3) is 0 Å². The lowest BCUT2D eigenvalue weighted by atomic mass is 10.1. The van der Waals surface area contributed by atoms with Crippen molar-refractivity contribution in [2.45, 2.75) is 0 Å². The van der Waals surface area contributed by atoms with Crippen LogP contribution in [-0.4, -0.2) is 23.1 Å². The molecular formula is C21H16ClN3O3. The number of amides is 2. The van der Waals surface area contributed by atoms with Gasteiger partial charge >= 0.3 is 0 Å². The molecule has 0 aromatic heterocycles. The van der Waals surface area contributed by atoms with Gasteiger partial charge in [-0.25, -0.2) is 5.43 Å². The first kappa shape index (κ1) is 19.1. The van der Waals surface area contributed by atoms with Gasteiger partial charge < -0.3 is 10.4 Å². The number of anilines is 1. The van der Waals surface area contributed by atoms with Crippen LogP contribution in [0.2, 0.25) is 5.02 Å². The number of nitrogens with one attached hydrogen (secondary N) is 2. The molecule has 0 unspecified atom stereocenters. The fourth-order valence-corrected chi connectivity index (χ4v) is 2.63. The molecule has 0 aliphatic heterocycles. The van der Waals surface area contributed by atoms with Gasteiger partial charge in [-0.05, 0) is 42.5 Å². The highest BCUT2D eigenvalue weighted by Crippen LogP contribution is 2.18. The van der Waals surface area contributed by atoms with E-state index in [-0.39, 0.29) is 11.7 Å². The van der Waals surface area contributed by atoms with Crippen LogP contribution < -0.4 is 10.7 Å². The molecule has 3 aromatic carbocycles. The molecular weight excluding hydrogens is 378 g/mol. The number of carbonyl (C=O) groups excluding carboxylic acids is 2. The molecule has 6 nitrogen and oxygen atoms in total. The topological polar surface area (TPSA) is 90.8 Å². The predicted octanol–water partition coefficient (Wildman–Crippen LogP) is 4.06. The maximum absolute atomic E-state index is 12.3. The van der Waals surface area contributed by atoms with Crippen molar-refractivity contribution in [3.8, 4) is 5.75 Å². The van der Waals surface area contributed by atoms with E-state index in [0.29, 0.717) is 27.4 Å². The zero-order valence-corrected chi connectivity index (χ0v) is 15.4. The first-order chi connectivity index (χ1) is 13.5. The standard InChI is InChI=1S/C21H16ClN3O3/c22-18-10-3-2-9-17(18)21(28)24-16-8-5-7-14(12-16)20(27)25-23-13-15-6-1-4-11-19(15)26/h1-13,26H,(H,24,28)(H,25,27)/b23-13-. The number of aromatic hydroxyl groups is 1. The van der Waals surface area contributed by atoms with Gasteiger partial charge in [0.25, 0.3) is 11.8 Å². The third-order valence-corrected chi connectivity index (χ3v) is 4.14. The maximum Gasteiger partial charge on any atom is 0.271 e. The summed E-state index contributed by atoms with van der Waals surface area (Å²) in [7, 11) is 0. The number of phenolic OH excluding ortho intramolecular Hbond substituents is 1. The van der Waals surface area contributed by atoms with Crippen LogP contribution in [-0.2, 0) is 0 Å². The van der Waals surface area contributed by atoms with E-state index in [1.807, 2.05) is 0 Å². The molecule has 0 atom stereocenters. The fraction of sp³-hybridized carbons (Fsp3) is 0. The van der Waals surface area contributed by atoms with Crippen LogP contribution in [0.3, 0.4) is 0 Å². The van der Waals surface area contributed by atoms with Gasteiger partial charge in [0.05, 0.1) is 16.8 Å². The van der Waals surface area contributed by atoms with Gasteiger partial charge in [0.1, 0.15) is 5.75 Å². The van der Waals surface area contributed by atoms with Gasteiger partial charge in [0, 0.05) is 16.8 Å². The third-order valence-electron chi connectivity index (χ3n) is 3.81. The zero-order valence-electron chi connectivity index (χ0n) is 14.6. The van der Waals surface area contributed by atoms with Crippen LogP contribution in [0.15, 0.2) is 77.9 Å². The highest BCUT2D eigenvalue weighted by atomic mass is 35.5. The smallest absolute Gasteiger partial charge is 0.271 e. The number of hydrazone groups is 1. The predicted molar refractivity (Wildman–Crippen MR) is 109 cm³/mol. The summed E-state index contributed by atoms with van der Waals surface area (Å²) in [6, 6.07) is 19.7. The summed E-state index contributed by atoms with van der Waals surface area (Å²) in [5.41, 5.74) is 3.95. The number of para-hydroxylation sites is 1. The molecule has 3 aromatic rings. The summed E-state index contributed by atoms with van der Waals surface area (Å²) in [4.78, 5) is 24.6. The number of nitrogens with zero attached hydrogens (tertiary/aromatic N) is 1. The summed E-state index contributed by atoms with van der Waals surface area (Å²) >= 11 is 6.03. The molecule has 0 fully saturated rings. The second-order valence-electron chi connectivity index (χ2n) is 5.77. The van der Waals surface area contributed by atoms with Crippen molar-refractivity contribution in [2.24, 2.45) is 5.10 Å². The van der Waals surface area contributed by atoms with E-state index in [1.165, 1.54) is 18.3 Å². The lowest BCUT2D eigenvalue weighted by Crippen LogP contribution is -2.18. The van der Waals surface area contributed by atoms with Gasteiger partial charge in [-0.15, -0.1) is 0 Å². The fourth-order valence-electron chi connectivity index (χ4n) is 2.40. The van der Waals surface area contributed by atoms with E-state index in [1.54, 1.807) is 60.7 Å². The van der Waals surface area contributed by atoms with E-state index >= 15 is 0 Å². The summed E-state index contributed by atoms with van der Waals surface area (Å²) in [6.45, 7) is 0. The number of hydrogen-bond acceptors (Lipinski definition) is 4. The lowest BCUT2D eigenvalue weighted by Gasteiger charge is -2.08. The van der Waals surface area contributed by atoms with Crippen molar-refractivity contribution < 1.29 is 14.7 Å². The van der Waals surface area contributed by atoms with Crippen molar-refractivity contribution >= 4 is 35.3 Å². The minimum Gasteiger partial charge on any atom is -0.507 e. The second kappa shape index (κ2) is 8.83. The lowest BCUT2D eigenvalue weighted by molar-refractivity contribution is 0.0953. The SMILES string of the molecule is O=C(N/N=C\c1ccccc1O)c1cccc(NC(=O)c2ccccc2Cl)c1. The van der Waals surface area contributed by atoms with Crippen molar-refractivity contribution in [2.75, 3.05) is 5.32 Å². The molecule has 0 saturated heterocycles. The summed E-state index contributed by atoms with van der Waals surface area (Å²) in [6.07, 6.45) is 1.34. The molecule has 7 heteroatoms. The van der Waals surface area contributed by atoms with Crippen LogP contribution in [0, 0.1) is 0 Å². The molecule has 3 N–H and O–H groups in total. The van der Waals surface area contributed by atoms with Crippen LogP contribution >= 0.6 is 11.6 Å². The number of rotatable bonds is 5.